The molecule has 7 heteroatoms. The molecule has 1 saturated carbocycles. The molecule has 0 bridgehead atoms. The van der Waals surface area contributed by atoms with Crippen molar-refractivity contribution in [2.45, 2.75) is 57.1 Å². The molecule has 1 atom stereocenters. The highest BCUT2D eigenvalue weighted by Crippen LogP contribution is 2.23. The molecule has 4 aliphatic rings. The zero-order valence-corrected chi connectivity index (χ0v) is 17.2. The van der Waals surface area contributed by atoms with E-state index in [1.807, 2.05) is 9.80 Å². The van der Waals surface area contributed by atoms with Gasteiger partial charge >= 0.3 is 0 Å². The molecule has 0 spiro atoms. The largest absolute Gasteiger partial charge is 0.368 e. The van der Waals surface area contributed by atoms with E-state index in [-0.39, 0.29) is 17.9 Å². The summed E-state index contributed by atoms with van der Waals surface area (Å²) >= 11 is 0. The van der Waals surface area contributed by atoms with E-state index in [1.54, 1.807) is 0 Å². The number of rotatable bonds is 4. The maximum absolute atomic E-state index is 12.7. The third kappa shape index (κ3) is 4.86. The normalized spacial score (nSPS) is 28.6. The Kier molecular flexibility index (Phi) is 6.86. The second kappa shape index (κ2) is 9.55. The fourth-order valence-corrected chi connectivity index (χ4v) is 5.18. The number of ether oxygens (including phenoxy) is 1. The minimum absolute atomic E-state index is 0.141. The third-order valence-electron chi connectivity index (χ3n) is 7.01. The third-order valence-corrected chi connectivity index (χ3v) is 7.01. The number of carbonyl (C=O) groups is 2. The molecule has 0 radical (unpaired) electrons. The van der Waals surface area contributed by atoms with Crippen molar-refractivity contribution >= 4 is 11.8 Å². The van der Waals surface area contributed by atoms with Gasteiger partial charge < -0.3 is 14.5 Å². The van der Waals surface area contributed by atoms with Crippen LogP contribution >= 0.6 is 0 Å². The number of piperazine rings is 2. The van der Waals surface area contributed by atoms with E-state index < -0.39 is 0 Å². The molecule has 158 valence electrons. The minimum Gasteiger partial charge on any atom is -0.368 e. The number of carbonyl (C=O) groups excluding carboxylic acids is 2. The molecule has 1 unspecified atom stereocenters. The number of hydrogen-bond acceptors (Lipinski definition) is 5. The van der Waals surface area contributed by atoms with Crippen molar-refractivity contribution < 1.29 is 14.3 Å². The summed E-state index contributed by atoms with van der Waals surface area (Å²) in [5.41, 5.74) is 0. The van der Waals surface area contributed by atoms with Crippen LogP contribution in [0.2, 0.25) is 0 Å². The number of nitrogens with zero attached hydrogens (tertiary/aromatic N) is 4. The molecule has 0 aromatic rings. The van der Waals surface area contributed by atoms with Gasteiger partial charge in [0.25, 0.3) is 5.91 Å². The van der Waals surface area contributed by atoms with Crippen LogP contribution in [0.1, 0.15) is 44.9 Å². The molecule has 2 amide bonds. The van der Waals surface area contributed by atoms with Gasteiger partial charge in [0.2, 0.25) is 5.91 Å². The lowest BCUT2D eigenvalue weighted by Gasteiger charge is -2.41. The second-order valence-corrected chi connectivity index (χ2v) is 8.81. The predicted octanol–water partition coefficient (Wildman–Crippen LogP) is 0.787. The van der Waals surface area contributed by atoms with Gasteiger partial charge in [0, 0.05) is 65.0 Å². The Morgan fingerprint density at radius 1 is 0.750 bits per heavy atom. The fourth-order valence-electron chi connectivity index (χ4n) is 5.18. The first kappa shape index (κ1) is 20.1. The van der Waals surface area contributed by atoms with E-state index in [4.69, 9.17) is 4.74 Å². The Morgan fingerprint density at radius 3 is 2.07 bits per heavy atom. The van der Waals surface area contributed by atoms with Crippen LogP contribution < -0.4 is 0 Å². The molecular weight excluding hydrogens is 356 g/mol. The van der Waals surface area contributed by atoms with Crippen molar-refractivity contribution in [2.24, 2.45) is 0 Å². The van der Waals surface area contributed by atoms with Crippen LogP contribution in [-0.2, 0) is 14.3 Å². The Labute approximate surface area is 168 Å². The van der Waals surface area contributed by atoms with Crippen LogP contribution in [0.15, 0.2) is 0 Å². The van der Waals surface area contributed by atoms with Gasteiger partial charge in [0.05, 0.1) is 6.54 Å². The summed E-state index contributed by atoms with van der Waals surface area (Å²) in [6.07, 6.45) is 8.40. The number of amides is 2. The van der Waals surface area contributed by atoms with E-state index in [0.29, 0.717) is 26.2 Å². The Bertz CT molecular complexity index is 530. The molecule has 7 nitrogen and oxygen atoms in total. The highest BCUT2D eigenvalue weighted by molar-refractivity contribution is 5.81. The molecule has 28 heavy (non-hydrogen) atoms. The molecule has 0 N–H and O–H groups in total. The van der Waals surface area contributed by atoms with E-state index in [2.05, 4.69) is 9.80 Å². The minimum atomic E-state index is -0.228. The van der Waals surface area contributed by atoms with Gasteiger partial charge in [0.1, 0.15) is 6.10 Å². The first-order valence-electron chi connectivity index (χ1n) is 11.4. The maximum atomic E-state index is 12.7. The SMILES string of the molecule is O=C(CN1CCN(C(=O)C2CCCO2)CC1)N1CCN(C2CCCCC2)CC1. The van der Waals surface area contributed by atoms with Gasteiger partial charge in [-0.15, -0.1) is 0 Å². The van der Waals surface area contributed by atoms with Crippen molar-refractivity contribution in [2.75, 3.05) is 65.5 Å². The van der Waals surface area contributed by atoms with E-state index >= 15 is 0 Å². The quantitative estimate of drug-likeness (QED) is 0.708. The van der Waals surface area contributed by atoms with Crippen molar-refractivity contribution in [3.05, 3.63) is 0 Å². The van der Waals surface area contributed by atoms with Gasteiger partial charge in [-0.25, -0.2) is 0 Å². The summed E-state index contributed by atoms with van der Waals surface area (Å²) in [6, 6.07) is 0.750. The molecule has 4 fully saturated rings. The summed E-state index contributed by atoms with van der Waals surface area (Å²) in [4.78, 5) is 34.0. The predicted molar refractivity (Wildman–Crippen MR) is 107 cm³/mol. The smallest absolute Gasteiger partial charge is 0.251 e. The van der Waals surface area contributed by atoms with Crippen LogP contribution in [0, 0.1) is 0 Å². The molecule has 3 aliphatic heterocycles. The molecule has 0 aromatic heterocycles. The van der Waals surface area contributed by atoms with Crippen LogP contribution in [0.5, 0.6) is 0 Å². The lowest BCUT2D eigenvalue weighted by Crippen LogP contribution is -2.56. The van der Waals surface area contributed by atoms with Crippen LogP contribution in [-0.4, -0.2) is 109 Å². The molecule has 1 aliphatic carbocycles. The Hall–Kier alpha value is -1.18. The van der Waals surface area contributed by atoms with Gasteiger partial charge in [-0.05, 0) is 25.7 Å². The summed E-state index contributed by atoms with van der Waals surface area (Å²) in [5.74, 6) is 0.393. The molecule has 0 aromatic carbocycles. The van der Waals surface area contributed by atoms with Crippen molar-refractivity contribution in [1.82, 2.24) is 19.6 Å². The first-order valence-corrected chi connectivity index (χ1v) is 11.4. The average molecular weight is 393 g/mol. The van der Waals surface area contributed by atoms with Crippen molar-refractivity contribution in [3.63, 3.8) is 0 Å². The fraction of sp³-hybridized carbons (Fsp3) is 0.905. The average Bonchev–Trinajstić information content (AvgIpc) is 3.29. The van der Waals surface area contributed by atoms with E-state index in [0.717, 1.165) is 58.2 Å². The van der Waals surface area contributed by atoms with Crippen molar-refractivity contribution in [1.29, 1.82) is 0 Å². The monoisotopic (exact) mass is 392 g/mol. The highest BCUT2D eigenvalue weighted by atomic mass is 16.5. The molecule has 4 rings (SSSR count). The van der Waals surface area contributed by atoms with E-state index in [9.17, 15) is 9.59 Å². The van der Waals surface area contributed by atoms with Gasteiger partial charge in [-0.1, -0.05) is 19.3 Å². The maximum Gasteiger partial charge on any atom is 0.251 e. The summed E-state index contributed by atoms with van der Waals surface area (Å²) in [7, 11) is 0. The highest BCUT2D eigenvalue weighted by Gasteiger charge is 2.32. The van der Waals surface area contributed by atoms with Gasteiger partial charge in [-0.3, -0.25) is 19.4 Å². The van der Waals surface area contributed by atoms with Gasteiger partial charge in [-0.2, -0.15) is 0 Å². The van der Waals surface area contributed by atoms with Crippen molar-refractivity contribution in [3.8, 4) is 0 Å². The topological polar surface area (TPSA) is 56.3 Å². The second-order valence-electron chi connectivity index (χ2n) is 8.81. The number of hydrogen-bond donors (Lipinski definition) is 0. The molecular formula is C21H36N4O3. The molecule has 3 heterocycles. The van der Waals surface area contributed by atoms with Gasteiger partial charge in [0.15, 0.2) is 0 Å². The summed E-state index contributed by atoms with van der Waals surface area (Å²) in [6.45, 7) is 7.98. The zero-order chi connectivity index (χ0) is 19.3. The standard InChI is InChI=1S/C21H36N4O3/c26-20(24-14-12-23(13-15-24)18-5-2-1-3-6-18)17-22-8-10-25(11-9-22)21(27)19-7-4-16-28-19/h18-19H,1-17H2. The zero-order valence-electron chi connectivity index (χ0n) is 17.2. The van der Waals surface area contributed by atoms with Crippen LogP contribution in [0.25, 0.3) is 0 Å². The first-order chi connectivity index (χ1) is 13.7. The van der Waals surface area contributed by atoms with E-state index in [1.165, 1.54) is 32.1 Å². The molecule has 3 saturated heterocycles. The summed E-state index contributed by atoms with van der Waals surface area (Å²) in [5, 5.41) is 0. The Morgan fingerprint density at radius 2 is 1.43 bits per heavy atom. The lowest BCUT2D eigenvalue weighted by atomic mass is 9.94. The van der Waals surface area contributed by atoms with Crippen LogP contribution in [0.4, 0.5) is 0 Å². The summed E-state index contributed by atoms with van der Waals surface area (Å²) < 4.78 is 5.52. The Balaban J connectivity index is 1.16. The van der Waals surface area contributed by atoms with Crippen LogP contribution in [0.3, 0.4) is 0 Å². The lowest BCUT2D eigenvalue weighted by molar-refractivity contribution is -0.143.